The van der Waals surface area contributed by atoms with Crippen LogP contribution in [0.5, 0.6) is 5.75 Å². The normalized spacial score (nSPS) is 14.8. The van der Waals surface area contributed by atoms with Gasteiger partial charge >= 0.3 is 11.9 Å². The lowest BCUT2D eigenvalue weighted by atomic mass is 9.98. The first-order valence-electron chi connectivity index (χ1n) is 13.0. The van der Waals surface area contributed by atoms with Gasteiger partial charge in [-0.25, -0.2) is 4.79 Å². The van der Waals surface area contributed by atoms with E-state index >= 15 is 0 Å². The molecule has 10 N–H and O–H groups in total. The summed E-state index contributed by atoms with van der Waals surface area (Å²) in [7, 11) is 0. The summed E-state index contributed by atoms with van der Waals surface area (Å²) in [4.78, 5) is 61.9. The number of nitrogens with two attached hydrogens (primary N) is 2. The van der Waals surface area contributed by atoms with Gasteiger partial charge in [-0.1, -0.05) is 32.4 Å². The van der Waals surface area contributed by atoms with Gasteiger partial charge < -0.3 is 42.7 Å². The Morgan fingerprint density at radius 3 is 1.90 bits per heavy atom. The van der Waals surface area contributed by atoms with Gasteiger partial charge in [0.2, 0.25) is 17.7 Å². The Balaban J connectivity index is 3.07. The minimum absolute atomic E-state index is 0.00647. The number of phenolic OH excluding ortho intramolecular Hbond substituents is 1. The molecule has 0 spiro atoms. The Morgan fingerprint density at radius 1 is 0.846 bits per heavy atom. The molecule has 0 radical (unpaired) electrons. The highest BCUT2D eigenvalue weighted by atomic mass is 16.4. The molecule has 13 nitrogen and oxygen atoms in total. The Hall–Kier alpha value is -3.71. The van der Waals surface area contributed by atoms with Crippen molar-refractivity contribution >= 4 is 29.7 Å². The van der Waals surface area contributed by atoms with Gasteiger partial charge in [0.05, 0.1) is 6.04 Å². The lowest BCUT2D eigenvalue weighted by Crippen LogP contribution is -2.57. The Kier molecular flexibility index (Phi) is 14.5. The summed E-state index contributed by atoms with van der Waals surface area (Å²) in [6, 6.07) is 1.14. The third kappa shape index (κ3) is 12.1. The number of carbonyl (C=O) groups excluding carboxylic acids is 3. The van der Waals surface area contributed by atoms with Crippen molar-refractivity contribution in [1.82, 2.24) is 16.0 Å². The molecule has 218 valence electrons. The number of benzene rings is 1. The van der Waals surface area contributed by atoms with Gasteiger partial charge in [-0.3, -0.25) is 19.2 Å². The van der Waals surface area contributed by atoms with Crippen LogP contribution in [0.4, 0.5) is 0 Å². The number of amides is 3. The molecule has 13 heteroatoms. The van der Waals surface area contributed by atoms with Crippen molar-refractivity contribution in [2.24, 2.45) is 17.4 Å². The molecule has 0 saturated carbocycles. The van der Waals surface area contributed by atoms with Crippen LogP contribution in [0, 0.1) is 5.92 Å². The van der Waals surface area contributed by atoms with E-state index in [1.54, 1.807) is 6.92 Å². The molecule has 0 aliphatic rings. The molecular weight excluding hydrogens is 510 g/mol. The van der Waals surface area contributed by atoms with E-state index in [-0.39, 0.29) is 30.9 Å². The second-order valence-corrected chi connectivity index (χ2v) is 9.52. The number of rotatable bonds is 18. The summed E-state index contributed by atoms with van der Waals surface area (Å²) >= 11 is 0. The first kappa shape index (κ1) is 33.3. The van der Waals surface area contributed by atoms with Crippen molar-refractivity contribution in [2.45, 2.75) is 83.0 Å². The molecule has 5 atom stereocenters. The largest absolute Gasteiger partial charge is 0.508 e. The van der Waals surface area contributed by atoms with E-state index in [1.807, 2.05) is 6.92 Å². The van der Waals surface area contributed by atoms with Crippen molar-refractivity contribution in [3.8, 4) is 5.75 Å². The summed E-state index contributed by atoms with van der Waals surface area (Å²) in [6.45, 7) is 3.96. The fourth-order valence-electron chi connectivity index (χ4n) is 3.69. The van der Waals surface area contributed by atoms with Gasteiger partial charge in [0.15, 0.2) is 0 Å². The highest BCUT2D eigenvalue weighted by Crippen LogP contribution is 2.12. The molecule has 39 heavy (non-hydrogen) atoms. The molecule has 1 rings (SSSR count). The molecule has 0 aliphatic carbocycles. The van der Waals surface area contributed by atoms with Crippen molar-refractivity contribution in [3.05, 3.63) is 29.8 Å². The number of aliphatic carboxylic acids is 2. The smallest absolute Gasteiger partial charge is 0.326 e. The van der Waals surface area contributed by atoms with Crippen LogP contribution in [0.25, 0.3) is 0 Å². The van der Waals surface area contributed by atoms with Crippen LogP contribution in [-0.2, 0) is 30.4 Å². The highest BCUT2D eigenvalue weighted by molar-refractivity contribution is 5.94. The van der Waals surface area contributed by atoms with Crippen molar-refractivity contribution < 1.29 is 39.3 Å². The van der Waals surface area contributed by atoms with Crippen LogP contribution in [0.2, 0.25) is 0 Å². The Labute approximate surface area is 227 Å². The van der Waals surface area contributed by atoms with Crippen molar-refractivity contribution in [3.63, 3.8) is 0 Å². The Bertz CT molecular complexity index is 972. The van der Waals surface area contributed by atoms with E-state index in [2.05, 4.69) is 16.0 Å². The maximum atomic E-state index is 13.1. The van der Waals surface area contributed by atoms with E-state index in [0.717, 1.165) is 0 Å². The summed E-state index contributed by atoms with van der Waals surface area (Å²) in [5.74, 6) is -4.83. The van der Waals surface area contributed by atoms with E-state index in [9.17, 15) is 34.2 Å². The number of unbranched alkanes of at least 4 members (excludes halogenated alkanes) is 1. The number of hydrogen-bond donors (Lipinski definition) is 8. The summed E-state index contributed by atoms with van der Waals surface area (Å²) < 4.78 is 0. The first-order valence-corrected chi connectivity index (χ1v) is 13.0. The third-order valence-electron chi connectivity index (χ3n) is 6.41. The topological polar surface area (TPSA) is 234 Å². The molecule has 0 heterocycles. The van der Waals surface area contributed by atoms with E-state index in [4.69, 9.17) is 16.6 Å². The van der Waals surface area contributed by atoms with Crippen molar-refractivity contribution in [1.29, 1.82) is 0 Å². The summed E-state index contributed by atoms with van der Waals surface area (Å²) in [5.41, 5.74) is 12.1. The standard InChI is InChI=1S/C26H41N5O8/c1-3-15(2)22(28)25(37)30-19(11-12-21(33)34)24(36)29-18(6-4-5-13-27)23(35)31-20(26(38)39)14-16-7-9-17(32)10-8-16/h7-10,15,18-20,22,32H,3-6,11-14,27-28H2,1-2H3,(H,29,36)(H,30,37)(H,31,35)(H,33,34)(H,38,39). The lowest BCUT2D eigenvalue weighted by molar-refractivity contribution is -0.142. The monoisotopic (exact) mass is 551 g/mol. The minimum Gasteiger partial charge on any atom is -0.508 e. The molecule has 0 fully saturated rings. The predicted octanol–water partition coefficient (Wildman–Crippen LogP) is -0.159. The Morgan fingerprint density at radius 2 is 1.38 bits per heavy atom. The van der Waals surface area contributed by atoms with Gasteiger partial charge in [0.25, 0.3) is 0 Å². The van der Waals surface area contributed by atoms with E-state index in [1.165, 1.54) is 24.3 Å². The van der Waals surface area contributed by atoms with Gasteiger partial charge in [-0.2, -0.15) is 0 Å². The predicted molar refractivity (Wildman–Crippen MR) is 142 cm³/mol. The second-order valence-electron chi connectivity index (χ2n) is 9.52. The van der Waals surface area contributed by atoms with Gasteiger partial charge in [-0.05, 0) is 55.8 Å². The maximum Gasteiger partial charge on any atom is 0.326 e. The number of carbonyl (C=O) groups is 5. The number of carboxylic acid groups (broad SMARTS) is 2. The molecule has 0 aliphatic heterocycles. The van der Waals surface area contributed by atoms with Crippen molar-refractivity contribution in [2.75, 3.05) is 6.54 Å². The zero-order chi connectivity index (χ0) is 29.5. The van der Waals surface area contributed by atoms with Crippen LogP contribution in [0.3, 0.4) is 0 Å². The zero-order valence-electron chi connectivity index (χ0n) is 22.4. The fraction of sp³-hybridized carbons (Fsp3) is 0.577. The average Bonchev–Trinajstić information content (AvgIpc) is 2.89. The second kappa shape index (κ2) is 17.0. The molecule has 0 bridgehead atoms. The quantitative estimate of drug-likeness (QED) is 0.112. The molecule has 3 amide bonds. The molecule has 1 aromatic carbocycles. The molecular formula is C26H41N5O8. The third-order valence-corrected chi connectivity index (χ3v) is 6.41. The number of hydrogen-bond acceptors (Lipinski definition) is 8. The number of carboxylic acids is 2. The lowest BCUT2D eigenvalue weighted by Gasteiger charge is -2.26. The van der Waals surface area contributed by atoms with Gasteiger partial charge in [0, 0.05) is 12.8 Å². The summed E-state index contributed by atoms with van der Waals surface area (Å²) in [6.07, 6.45) is 0.986. The van der Waals surface area contributed by atoms with Crippen LogP contribution in [0.1, 0.15) is 57.9 Å². The van der Waals surface area contributed by atoms with Crippen LogP contribution in [0.15, 0.2) is 24.3 Å². The van der Waals surface area contributed by atoms with Crippen LogP contribution >= 0.6 is 0 Å². The number of nitrogens with one attached hydrogen (secondary N) is 3. The molecule has 5 unspecified atom stereocenters. The summed E-state index contributed by atoms with van der Waals surface area (Å²) in [5, 5.41) is 35.7. The average molecular weight is 552 g/mol. The SMILES string of the molecule is CCC(C)C(N)C(=O)NC(CCC(=O)O)C(=O)NC(CCCCN)C(=O)NC(Cc1ccc(O)cc1)C(=O)O. The fourth-order valence-corrected chi connectivity index (χ4v) is 3.69. The zero-order valence-corrected chi connectivity index (χ0v) is 22.4. The minimum atomic E-state index is -1.33. The van der Waals surface area contributed by atoms with E-state index < -0.39 is 60.2 Å². The van der Waals surface area contributed by atoms with Gasteiger partial charge in [-0.15, -0.1) is 0 Å². The van der Waals surface area contributed by atoms with Gasteiger partial charge in [0.1, 0.15) is 23.9 Å². The van der Waals surface area contributed by atoms with E-state index in [0.29, 0.717) is 31.4 Å². The first-order chi connectivity index (χ1) is 18.4. The van der Waals surface area contributed by atoms with Crippen LogP contribution < -0.4 is 27.4 Å². The number of aromatic hydroxyl groups is 1. The molecule has 1 aromatic rings. The molecule has 0 aromatic heterocycles. The maximum absolute atomic E-state index is 13.1. The molecule has 0 saturated heterocycles. The van der Waals surface area contributed by atoms with Crippen LogP contribution in [-0.4, -0.2) is 75.7 Å². The highest BCUT2D eigenvalue weighted by Gasteiger charge is 2.31. The number of phenols is 1.